The SMILES string of the molecule is Cc1ccc(S(=O)(=O)Cl)c(Oc2ccccc2)c1. The standard InChI is InChI=1S/C13H11ClO3S/c1-10-7-8-13(18(14,15)16)12(9-10)17-11-5-3-2-4-6-11/h2-9H,1H3. The largest absolute Gasteiger partial charge is 0.456 e. The van der Waals surface area contributed by atoms with Crippen molar-refractivity contribution in [2.24, 2.45) is 0 Å². The predicted molar refractivity (Wildman–Crippen MR) is 70.7 cm³/mol. The first kappa shape index (κ1) is 12.9. The maximum Gasteiger partial charge on any atom is 0.265 e. The summed E-state index contributed by atoms with van der Waals surface area (Å²) in [6.07, 6.45) is 0. The van der Waals surface area contributed by atoms with Gasteiger partial charge < -0.3 is 4.74 Å². The van der Waals surface area contributed by atoms with Gasteiger partial charge in [-0.25, -0.2) is 8.42 Å². The molecular weight excluding hydrogens is 272 g/mol. The molecule has 0 aromatic heterocycles. The minimum atomic E-state index is -3.82. The van der Waals surface area contributed by atoms with Gasteiger partial charge in [0.05, 0.1) is 0 Å². The molecule has 18 heavy (non-hydrogen) atoms. The summed E-state index contributed by atoms with van der Waals surface area (Å²) in [5.41, 5.74) is 0.894. The quantitative estimate of drug-likeness (QED) is 0.806. The molecule has 2 aromatic rings. The Morgan fingerprint density at radius 3 is 2.33 bits per heavy atom. The van der Waals surface area contributed by atoms with Crippen molar-refractivity contribution >= 4 is 19.7 Å². The van der Waals surface area contributed by atoms with Gasteiger partial charge in [-0.2, -0.15) is 0 Å². The number of ether oxygens (including phenoxy) is 1. The van der Waals surface area contributed by atoms with E-state index >= 15 is 0 Å². The normalized spacial score (nSPS) is 11.2. The molecule has 0 saturated carbocycles. The number of halogens is 1. The molecule has 0 fully saturated rings. The summed E-state index contributed by atoms with van der Waals surface area (Å²) in [6, 6.07) is 13.7. The Labute approximate surface area is 110 Å². The summed E-state index contributed by atoms with van der Waals surface area (Å²) in [4.78, 5) is -0.0291. The van der Waals surface area contributed by atoms with Crippen molar-refractivity contribution in [2.75, 3.05) is 0 Å². The fourth-order valence-corrected chi connectivity index (χ4v) is 2.47. The lowest BCUT2D eigenvalue weighted by atomic mass is 10.2. The molecule has 3 nitrogen and oxygen atoms in total. The molecule has 0 bridgehead atoms. The third-order valence-electron chi connectivity index (χ3n) is 2.33. The zero-order chi connectivity index (χ0) is 13.2. The van der Waals surface area contributed by atoms with Crippen molar-refractivity contribution in [3.05, 3.63) is 54.1 Å². The Morgan fingerprint density at radius 1 is 1.06 bits per heavy atom. The monoisotopic (exact) mass is 282 g/mol. The second kappa shape index (κ2) is 5.00. The van der Waals surface area contributed by atoms with Crippen LogP contribution in [0, 0.1) is 6.92 Å². The second-order valence-corrected chi connectivity index (χ2v) is 6.34. The highest BCUT2D eigenvalue weighted by atomic mass is 35.7. The third-order valence-corrected chi connectivity index (χ3v) is 3.69. The van der Waals surface area contributed by atoms with Gasteiger partial charge in [-0.15, -0.1) is 0 Å². The number of benzene rings is 2. The van der Waals surface area contributed by atoms with Crippen LogP contribution >= 0.6 is 10.7 Å². The maximum atomic E-state index is 11.4. The molecular formula is C13H11ClO3S. The highest BCUT2D eigenvalue weighted by molar-refractivity contribution is 8.13. The van der Waals surface area contributed by atoms with Gasteiger partial charge in [-0.05, 0) is 36.8 Å². The van der Waals surface area contributed by atoms with Crippen LogP contribution in [0.15, 0.2) is 53.4 Å². The molecule has 0 unspecified atom stereocenters. The molecule has 0 heterocycles. The van der Waals surface area contributed by atoms with Gasteiger partial charge in [0, 0.05) is 10.7 Å². The lowest BCUT2D eigenvalue weighted by molar-refractivity contribution is 0.468. The van der Waals surface area contributed by atoms with Crippen molar-refractivity contribution in [3.63, 3.8) is 0 Å². The topological polar surface area (TPSA) is 43.4 Å². The van der Waals surface area contributed by atoms with E-state index < -0.39 is 9.05 Å². The Kier molecular flexibility index (Phi) is 3.59. The first-order valence-corrected chi connectivity index (χ1v) is 7.56. The van der Waals surface area contributed by atoms with Gasteiger partial charge in [0.15, 0.2) is 0 Å². The zero-order valence-electron chi connectivity index (χ0n) is 9.63. The number of aryl methyl sites for hydroxylation is 1. The number of rotatable bonds is 3. The van der Waals surface area contributed by atoms with Gasteiger partial charge in [-0.3, -0.25) is 0 Å². The fourth-order valence-electron chi connectivity index (χ4n) is 1.51. The maximum absolute atomic E-state index is 11.4. The Balaban J connectivity index is 2.47. The van der Waals surface area contributed by atoms with E-state index in [0.29, 0.717) is 5.75 Å². The van der Waals surface area contributed by atoms with Crippen molar-refractivity contribution in [1.29, 1.82) is 0 Å². The summed E-state index contributed by atoms with van der Waals surface area (Å²) < 4.78 is 28.4. The van der Waals surface area contributed by atoms with E-state index in [1.54, 1.807) is 36.4 Å². The van der Waals surface area contributed by atoms with E-state index in [4.69, 9.17) is 15.4 Å². The zero-order valence-corrected chi connectivity index (χ0v) is 11.2. The van der Waals surface area contributed by atoms with Crippen LogP contribution in [0.5, 0.6) is 11.5 Å². The summed E-state index contributed by atoms with van der Waals surface area (Å²) >= 11 is 0. The van der Waals surface area contributed by atoms with Gasteiger partial charge in [0.2, 0.25) is 0 Å². The van der Waals surface area contributed by atoms with Crippen LogP contribution in [0.4, 0.5) is 0 Å². The molecule has 0 amide bonds. The van der Waals surface area contributed by atoms with Crippen LogP contribution in [0.2, 0.25) is 0 Å². The van der Waals surface area contributed by atoms with Crippen LogP contribution < -0.4 is 4.74 Å². The molecule has 0 N–H and O–H groups in total. The second-order valence-electron chi connectivity index (χ2n) is 3.80. The van der Waals surface area contributed by atoms with Crippen molar-refractivity contribution in [1.82, 2.24) is 0 Å². The Bertz CT molecular complexity index is 651. The highest BCUT2D eigenvalue weighted by Gasteiger charge is 2.17. The third kappa shape index (κ3) is 3.03. The molecule has 0 atom stereocenters. The molecule has 5 heteroatoms. The molecule has 2 rings (SSSR count). The summed E-state index contributed by atoms with van der Waals surface area (Å²) in [5, 5.41) is 0. The van der Waals surface area contributed by atoms with Crippen molar-refractivity contribution in [2.45, 2.75) is 11.8 Å². The van der Waals surface area contributed by atoms with Gasteiger partial charge in [-0.1, -0.05) is 24.3 Å². The highest BCUT2D eigenvalue weighted by Crippen LogP contribution is 2.31. The molecule has 94 valence electrons. The van der Waals surface area contributed by atoms with Crippen LogP contribution in [0.3, 0.4) is 0 Å². The van der Waals surface area contributed by atoms with E-state index in [1.807, 2.05) is 13.0 Å². The molecule has 2 aromatic carbocycles. The Morgan fingerprint density at radius 2 is 1.72 bits per heavy atom. The number of hydrogen-bond donors (Lipinski definition) is 0. The number of hydrogen-bond acceptors (Lipinski definition) is 3. The summed E-state index contributed by atoms with van der Waals surface area (Å²) in [6.45, 7) is 1.85. The average Bonchev–Trinajstić information content (AvgIpc) is 2.28. The molecule has 0 spiro atoms. The van der Waals surface area contributed by atoms with Crippen molar-refractivity contribution < 1.29 is 13.2 Å². The van der Waals surface area contributed by atoms with Gasteiger partial charge >= 0.3 is 0 Å². The first-order valence-electron chi connectivity index (χ1n) is 5.25. The predicted octanol–water partition coefficient (Wildman–Crippen LogP) is 3.71. The lowest BCUT2D eigenvalue weighted by Crippen LogP contribution is -1.96. The molecule has 0 radical (unpaired) electrons. The van der Waals surface area contributed by atoms with E-state index in [2.05, 4.69) is 0 Å². The summed E-state index contributed by atoms with van der Waals surface area (Å²) in [5.74, 6) is 0.792. The fraction of sp³-hybridized carbons (Fsp3) is 0.0769. The van der Waals surface area contributed by atoms with E-state index in [-0.39, 0.29) is 10.6 Å². The van der Waals surface area contributed by atoms with E-state index in [9.17, 15) is 8.42 Å². The van der Waals surface area contributed by atoms with Gasteiger partial charge in [0.25, 0.3) is 9.05 Å². The first-order chi connectivity index (χ1) is 8.47. The minimum Gasteiger partial charge on any atom is -0.456 e. The number of para-hydroxylation sites is 1. The van der Waals surface area contributed by atoms with Gasteiger partial charge in [0.1, 0.15) is 16.4 Å². The Hall–Kier alpha value is -1.52. The van der Waals surface area contributed by atoms with Crippen LogP contribution in [-0.4, -0.2) is 8.42 Å². The van der Waals surface area contributed by atoms with Crippen molar-refractivity contribution in [3.8, 4) is 11.5 Å². The van der Waals surface area contributed by atoms with Crippen LogP contribution in [0.25, 0.3) is 0 Å². The van der Waals surface area contributed by atoms with E-state index in [1.165, 1.54) is 6.07 Å². The average molecular weight is 283 g/mol. The summed E-state index contributed by atoms with van der Waals surface area (Å²) in [7, 11) is 1.55. The van der Waals surface area contributed by atoms with Crippen LogP contribution in [-0.2, 0) is 9.05 Å². The minimum absolute atomic E-state index is 0.0291. The van der Waals surface area contributed by atoms with E-state index in [0.717, 1.165) is 5.56 Å². The van der Waals surface area contributed by atoms with Crippen LogP contribution in [0.1, 0.15) is 5.56 Å². The molecule has 0 saturated heterocycles. The lowest BCUT2D eigenvalue weighted by Gasteiger charge is -2.09. The smallest absolute Gasteiger partial charge is 0.265 e. The molecule has 0 aliphatic rings. The molecule has 0 aliphatic heterocycles. The molecule has 0 aliphatic carbocycles.